The standard InChI is InChI=1S/C22H14BFO3/c1-2-13-7-9-17-19(11-13)26-20-12-14(23)8-10-18(20)21(17)15-5-3-4-6-16(15)22(25)27-24/h2-12H,1H3. The zero-order valence-corrected chi connectivity index (χ0v) is 14.5. The van der Waals surface area contributed by atoms with Crippen LogP contribution in [0.5, 0.6) is 11.5 Å². The van der Waals surface area contributed by atoms with Gasteiger partial charge in [0.05, 0.1) is 5.56 Å². The number of rotatable bonds is 2. The number of ether oxygens (including phenoxy) is 1. The van der Waals surface area contributed by atoms with Gasteiger partial charge in [0.15, 0.2) is 0 Å². The van der Waals surface area contributed by atoms with E-state index in [1.807, 2.05) is 37.3 Å². The van der Waals surface area contributed by atoms with E-state index in [1.54, 1.807) is 30.3 Å². The Hall–Kier alpha value is -3.34. The maximum atomic E-state index is 12.7. The Balaban J connectivity index is 2.13. The first kappa shape index (κ1) is 17.1. The molecule has 1 aliphatic rings. The summed E-state index contributed by atoms with van der Waals surface area (Å²) in [7, 11) is 5.92. The second kappa shape index (κ2) is 6.76. The Morgan fingerprint density at radius 1 is 1.04 bits per heavy atom. The third-order valence-corrected chi connectivity index (χ3v) is 4.59. The number of fused-ring (bicyclic) bond motifs is 2. The van der Waals surface area contributed by atoms with E-state index in [0.29, 0.717) is 22.5 Å². The predicted octanol–water partition coefficient (Wildman–Crippen LogP) is 2.68. The molecule has 0 spiro atoms. The van der Waals surface area contributed by atoms with Crippen molar-refractivity contribution in [2.45, 2.75) is 6.92 Å². The molecular weight excluding hydrogens is 342 g/mol. The van der Waals surface area contributed by atoms with Crippen molar-refractivity contribution in [3.63, 3.8) is 0 Å². The number of hydrogen-bond acceptors (Lipinski definition) is 3. The normalized spacial score (nSPS) is 12.8. The average Bonchev–Trinajstić information content (AvgIpc) is 2.70. The molecule has 130 valence electrons. The van der Waals surface area contributed by atoms with E-state index in [4.69, 9.17) is 12.6 Å². The van der Waals surface area contributed by atoms with Gasteiger partial charge in [-0.3, -0.25) is 0 Å². The van der Waals surface area contributed by atoms with Crippen LogP contribution in [0.15, 0.2) is 60.7 Å². The first-order chi connectivity index (χ1) is 13.1. The fourth-order valence-electron chi connectivity index (χ4n) is 3.31. The minimum Gasteiger partial charge on any atom is -0.456 e. The van der Waals surface area contributed by atoms with Gasteiger partial charge >= 0.3 is 5.97 Å². The highest BCUT2D eigenvalue weighted by Gasteiger charge is 2.24. The van der Waals surface area contributed by atoms with E-state index in [-0.39, 0.29) is 5.56 Å². The van der Waals surface area contributed by atoms with Gasteiger partial charge in [-0.2, -0.15) is 0 Å². The summed E-state index contributed by atoms with van der Waals surface area (Å²) in [5, 5.41) is 1.80. The van der Waals surface area contributed by atoms with E-state index < -0.39 is 5.97 Å². The van der Waals surface area contributed by atoms with E-state index in [2.05, 4.69) is 4.94 Å². The molecule has 27 heavy (non-hydrogen) atoms. The van der Waals surface area contributed by atoms with Gasteiger partial charge in [0.25, 0.3) is 0 Å². The fourth-order valence-corrected chi connectivity index (χ4v) is 3.31. The van der Waals surface area contributed by atoms with E-state index in [9.17, 15) is 9.32 Å². The largest absolute Gasteiger partial charge is 0.456 e. The molecule has 3 aromatic rings. The third-order valence-electron chi connectivity index (χ3n) is 4.59. The lowest BCUT2D eigenvalue weighted by Crippen LogP contribution is -2.22. The molecule has 4 rings (SSSR count). The maximum absolute atomic E-state index is 12.7. The van der Waals surface area contributed by atoms with Gasteiger partial charge in [0.2, 0.25) is 0 Å². The molecule has 0 saturated heterocycles. The summed E-state index contributed by atoms with van der Waals surface area (Å²) in [4.78, 5) is 15.5. The Morgan fingerprint density at radius 2 is 1.85 bits per heavy atom. The number of halogens is 1. The number of carbonyl (C=O) groups excluding carboxylic acids is 1. The summed E-state index contributed by atoms with van der Waals surface area (Å²) in [6.45, 7) is 1.94. The molecule has 3 aromatic carbocycles. The molecule has 0 atom stereocenters. The van der Waals surface area contributed by atoms with Crippen LogP contribution < -0.4 is 20.6 Å². The Kier molecular flexibility index (Phi) is 4.28. The Morgan fingerprint density at radius 3 is 2.63 bits per heavy atom. The van der Waals surface area contributed by atoms with E-state index in [0.717, 1.165) is 21.6 Å². The van der Waals surface area contributed by atoms with Gasteiger partial charge in [-0.05, 0) is 42.0 Å². The molecule has 0 bridgehead atoms. The monoisotopic (exact) mass is 356 g/mol. The summed E-state index contributed by atoms with van der Waals surface area (Å²) < 4.78 is 18.7. The lowest BCUT2D eigenvalue weighted by Gasteiger charge is -2.22. The van der Waals surface area contributed by atoms with Crippen molar-refractivity contribution in [2.75, 3.05) is 0 Å². The fraction of sp³-hybridized carbons (Fsp3) is 0.0455. The molecule has 1 aliphatic heterocycles. The molecule has 0 aliphatic carbocycles. The van der Waals surface area contributed by atoms with Crippen LogP contribution in [-0.2, 0) is 4.94 Å². The second-order valence-electron chi connectivity index (χ2n) is 6.19. The van der Waals surface area contributed by atoms with Crippen LogP contribution in [0.2, 0.25) is 0 Å². The molecule has 0 aromatic heterocycles. The first-order valence-electron chi connectivity index (χ1n) is 8.43. The van der Waals surface area contributed by atoms with Crippen LogP contribution in [0.3, 0.4) is 0 Å². The summed E-state index contributed by atoms with van der Waals surface area (Å²) in [6, 6.07) is 17.9. The maximum Gasteiger partial charge on any atom is 0.380 e. The van der Waals surface area contributed by atoms with Gasteiger partial charge in [0, 0.05) is 20.9 Å². The van der Waals surface area contributed by atoms with Crippen molar-refractivity contribution >= 4 is 30.9 Å². The lowest BCUT2D eigenvalue weighted by atomic mass is 9.87. The van der Waals surface area contributed by atoms with Crippen molar-refractivity contribution in [1.29, 1.82) is 0 Å². The summed E-state index contributed by atoms with van der Waals surface area (Å²) in [5.74, 6) is 0.179. The van der Waals surface area contributed by atoms with Gasteiger partial charge < -0.3 is 4.74 Å². The second-order valence-corrected chi connectivity index (χ2v) is 6.19. The molecule has 1 heterocycles. The quantitative estimate of drug-likeness (QED) is 0.518. The molecule has 0 unspecified atom stereocenters. The topological polar surface area (TPSA) is 35.5 Å². The average molecular weight is 356 g/mol. The van der Waals surface area contributed by atoms with Crippen LogP contribution in [-0.4, -0.2) is 13.8 Å². The van der Waals surface area contributed by atoms with Crippen molar-refractivity contribution in [1.82, 2.24) is 0 Å². The first-order valence-corrected chi connectivity index (χ1v) is 8.43. The highest BCUT2D eigenvalue weighted by molar-refractivity contribution is 6.32. The predicted molar refractivity (Wildman–Crippen MR) is 102 cm³/mol. The molecule has 5 heteroatoms. The molecule has 0 saturated carbocycles. The number of hydrogen-bond donors (Lipinski definition) is 0. The van der Waals surface area contributed by atoms with Gasteiger partial charge in [-0.1, -0.05) is 47.9 Å². The SMILES string of the molecule is [B]c1ccc2c(c1)Oc1cc(=CC)ccc1=C2c1ccccc1C(=O)OF. The van der Waals surface area contributed by atoms with Crippen LogP contribution >= 0.6 is 0 Å². The highest BCUT2D eigenvalue weighted by Crippen LogP contribution is 2.36. The summed E-state index contributed by atoms with van der Waals surface area (Å²) in [6.07, 6.45) is 1.96. The smallest absolute Gasteiger partial charge is 0.380 e. The zero-order valence-electron chi connectivity index (χ0n) is 14.5. The molecular formula is C22H14BFO3. The highest BCUT2D eigenvalue weighted by atomic mass is 19.3. The zero-order chi connectivity index (χ0) is 19.0. The van der Waals surface area contributed by atoms with Crippen molar-refractivity contribution in [2.24, 2.45) is 0 Å². The van der Waals surface area contributed by atoms with Gasteiger partial charge in [-0.15, -0.1) is 0 Å². The Labute approximate surface area is 156 Å². The van der Waals surface area contributed by atoms with Crippen molar-refractivity contribution in [3.8, 4) is 11.5 Å². The van der Waals surface area contributed by atoms with Gasteiger partial charge in [0.1, 0.15) is 19.3 Å². The summed E-state index contributed by atoms with van der Waals surface area (Å²) >= 11 is 0. The minimum atomic E-state index is -1.04. The number of benzene rings is 3. The Bertz CT molecular complexity index is 1180. The molecule has 0 amide bonds. The third kappa shape index (κ3) is 2.91. The van der Waals surface area contributed by atoms with Crippen molar-refractivity contribution < 1.29 is 19.0 Å². The van der Waals surface area contributed by atoms with Crippen molar-refractivity contribution in [3.05, 3.63) is 87.8 Å². The van der Waals surface area contributed by atoms with Crippen LogP contribution in [0.4, 0.5) is 4.53 Å². The number of carbonyl (C=O) groups is 1. The minimum absolute atomic E-state index is 0.136. The van der Waals surface area contributed by atoms with Gasteiger partial charge in [-0.25, -0.2) is 9.74 Å². The van der Waals surface area contributed by atoms with E-state index >= 15 is 0 Å². The lowest BCUT2D eigenvalue weighted by molar-refractivity contribution is -0.0788. The molecule has 2 radical (unpaired) electrons. The van der Waals surface area contributed by atoms with Crippen LogP contribution in [0.25, 0.3) is 11.6 Å². The molecule has 3 nitrogen and oxygen atoms in total. The summed E-state index contributed by atoms with van der Waals surface area (Å²) in [5.41, 5.74) is 2.78. The van der Waals surface area contributed by atoms with E-state index in [1.165, 1.54) is 6.07 Å². The van der Waals surface area contributed by atoms with Crippen LogP contribution in [0, 0.1) is 0 Å². The molecule has 0 fully saturated rings. The van der Waals surface area contributed by atoms with Crippen LogP contribution in [0.1, 0.15) is 28.4 Å². The molecule has 0 N–H and O–H groups in total.